The first-order chi connectivity index (χ1) is 10.2. The minimum Gasteiger partial charge on any atom is -0.368 e. The highest BCUT2D eigenvalue weighted by atomic mass is 16.1. The topological polar surface area (TPSA) is 85.0 Å². The molecule has 2 aromatic heterocycles. The van der Waals surface area contributed by atoms with Crippen LogP contribution in [0.5, 0.6) is 0 Å². The van der Waals surface area contributed by atoms with Crippen molar-refractivity contribution in [3.05, 3.63) is 54.4 Å². The van der Waals surface area contributed by atoms with Gasteiger partial charge >= 0.3 is 0 Å². The van der Waals surface area contributed by atoms with E-state index >= 15 is 0 Å². The Balaban J connectivity index is 1.97. The molecule has 108 valence electrons. The van der Waals surface area contributed by atoms with Crippen LogP contribution in [0.25, 0.3) is 0 Å². The molecule has 2 aromatic rings. The number of amides is 1. The number of nitrogens with two attached hydrogens (primary N) is 1. The van der Waals surface area contributed by atoms with Gasteiger partial charge in [0.15, 0.2) is 0 Å². The Morgan fingerprint density at radius 2 is 2.05 bits per heavy atom. The molecule has 1 atom stereocenters. The van der Waals surface area contributed by atoms with E-state index in [0.29, 0.717) is 18.7 Å². The number of carbonyl (C=O) groups excluding carboxylic acids is 1. The SMILES string of the molecule is NC(=O)[C@]1(c2cnccn2)CCCN1Cc1ccncc1. The lowest BCUT2D eigenvalue weighted by atomic mass is 9.91. The maximum Gasteiger partial charge on any atom is 0.244 e. The van der Waals surface area contributed by atoms with E-state index < -0.39 is 5.54 Å². The minimum atomic E-state index is -0.864. The van der Waals surface area contributed by atoms with Gasteiger partial charge < -0.3 is 5.73 Å². The minimum absolute atomic E-state index is 0.366. The molecule has 0 aliphatic carbocycles. The molecule has 0 spiro atoms. The van der Waals surface area contributed by atoms with Gasteiger partial charge in [0, 0.05) is 31.3 Å². The third-order valence-electron chi connectivity index (χ3n) is 4.02. The summed E-state index contributed by atoms with van der Waals surface area (Å²) in [4.78, 5) is 26.8. The van der Waals surface area contributed by atoms with Crippen LogP contribution in [0.15, 0.2) is 43.1 Å². The molecule has 3 heterocycles. The van der Waals surface area contributed by atoms with Gasteiger partial charge in [-0.25, -0.2) is 0 Å². The number of nitrogens with zero attached hydrogens (tertiary/aromatic N) is 4. The van der Waals surface area contributed by atoms with Crippen LogP contribution < -0.4 is 5.73 Å². The molecule has 0 saturated carbocycles. The van der Waals surface area contributed by atoms with Crippen LogP contribution >= 0.6 is 0 Å². The molecule has 6 nitrogen and oxygen atoms in total. The highest BCUT2D eigenvalue weighted by molar-refractivity contribution is 5.86. The largest absolute Gasteiger partial charge is 0.368 e. The van der Waals surface area contributed by atoms with Gasteiger partial charge in [0.05, 0.1) is 11.9 Å². The number of rotatable bonds is 4. The van der Waals surface area contributed by atoms with Crippen LogP contribution in [0, 0.1) is 0 Å². The average Bonchev–Trinajstić information content (AvgIpc) is 2.94. The van der Waals surface area contributed by atoms with Gasteiger partial charge in [-0.15, -0.1) is 0 Å². The fourth-order valence-corrected chi connectivity index (χ4v) is 3.01. The van der Waals surface area contributed by atoms with Gasteiger partial charge in [-0.2, -0.15) is 0 Å². The third-order valence-corrected chi connectivity index (χ3v) is 4.02. The fourth-order valence-electron chi connectivity index (χ4n) is 3.01. The predicted octanol–water partition coefficient (Wildman–Crippen LogP) is 0.848. The molecule has 1 saturated heterocycles. The summed E-state index contributed by atoms with van der Waals surface area (Å²) in [7, 11) is 0. The van der Waals surface area contributed by atoms with E-state index in [4.69, 9.17) is 5.73 Å². The Kier molecular flexibility index (Phi) is 3.62. The summed E-state index contributed by atoms with van der Waals surface area (Å²) in [5.74, 6) is -0.366. The van der Waals surface area contributed by atoms with Crippen LogP contribution in [0.3, 0.4) is 0 Å². The standard InChI is InChI=1S/C15H17N5O/c16-14(21)15(13-10-18-7-8-19-13)4-1-9-20(15)11-12-2-5-17-6-3-12/h2-3,5-8,10H,1,4,9,11H2,(H2,16,21)/t15-/m1/s1. The quantitative estimate of drug-likeness (QED) is 0.899. The fraction of sp³-hybridized carbons (Fsp3) is 0.333. The highest BCUT2D eigenvalue weighted by Crippen LogP contribution is 2.38. The number of likely N-dealkylation sites (tertiary alicyclic amines) is 1. The van der Waals surface area contributed by atoms with Crippen LogP contribution in [-0.2, 0) is 16.9 Å². The Bertz CT molecular complexity index is 618. The van der Waals surface area contributed by atoms with Crippen molar-refractivity contribution in [2.45, 2.75) is 24.9 Å². The Labute approximate surface area is 123 Å². The number of hydrogen-bond acceptors (Lipinski definition) is 5. The van der Waals surface area contributed by atoms with E-state index in [-0.39, 0.29) is 5.91 Å². The normalized spacial score (nSPS) is 22.3. The molecule has 1 fully saturated rings. The monoisotopic (exact) mass is 283 g/mol. The van der Waals surface area contributed by atoms with E-state index in [1.807, 2.05) is 12.1 Å². The summed E-state index contributed by atoms with van der Waals surface area (Å²) >= 11 is 0. The first-order valence-electron chi connectivity index (χ1n) is 6.94. The molecule has 3 rings (SSSR count). The van der Waals surface area contributed by atoms with E-state index in [0.717, 1.165) is 18.5 Å². The average molecular weight is 283 g/mol. The van der Waals surface area contributed by atoms with Gasteiger partial charge in [-0.3, -0.25) is 24.6 Å². The second-order valence-electron chi connectivity index (χ2n) is 5.20. The summed E-state index contributed by atoms with van der Waals surface area (Å²) < 4.78 is 0. The van der Waals surface area contributed by atoms with Gasteiger partial charge in [-0.05, 0) is 37.1 Å². The van der Waals surface area contributed by atoms with Crippen molar-refractivity contribution in [2.24, 2.45) is 5.73 Å². The second-order valence-corrected chi connectivity index (χ2v) is 5.20. The van der Waals surface area contributed by atoms with Gasteiger partial charge in [0.1, 0.15) is 5.54 Å². The number of hydrogen-bond donors (Lipinski definition) is 1. The Hall–Kier alpha value is -2.34. The van der Waals surface area contributed by atoms with Crippen LogP contribution in [0.2, 0.25) is 0 Å². The van der Waals surface area contributed by atoms with Crippen LogP contribution in [-0.4, -0.2) is 32.3 Å². The van der Waals surface area contributed by atoms with Crippen molar-refractivity contribution in [2.75, 3.05) is 6.54 Å². The molecule has 6 heteroatoms. The summed E-state index contributed by atoms with van der Waals surface area (Å²) in [5, 5.41) is 0. The zero-order valence-corrected chi connectivity index (χ0v) is 11.6. The van der Waals surface area contributed by atoms with Gasteiger partial charge in [-0.1, -0.05) is 0 Å². The molecule has 1 aliphatic rings. The van der Waals surface area contributed by atoms with Crippen molar-refractivity contribution >= 4 is 5.91 Å². The summed E-state index contributed by atoms with van der Waals surface area (Å²) in [6.07, 6.45) is 9.91. The van der Waals surface area contributed by atoms with E-state index in [2.05, 4.69) is 19.9 Å². The lowest BCUT2D eigenvalue weighted by molar-refractivity contribution is -0.129. The molecule has 0 radical (unpaired) electrons. The summed E-state index contributed by atoms with van der Waals surface area (Å²) in [5.41, 5.74) is 6.61. The van der Waals surface area contributed by atoms with E-state index in [1.165, 1.54) is 0 Å². The maximum absolute atomic E-state index is 12.2. The lowest BCUT2D eigenvalue weighted by Crippen LogP contribution is -2.51. The number of primary amides is 1. The zero-order chi connectivity index (χ0) is 14.7. The molecule has 1 aliphatic heterocycles. The van der Waals surface area contributed by atoms with E-state index in [1.54, 1.807) is 31.0 Å². The van der Waals surface area contributed by atoms with Gasteiger partial charge in [0.2, 0.25) is 5.91 Å². The van der Waals surface area contributed by atoms with Crippen LogP contribution in [0.4, 0.5) is 0 Å². The summed E-state index contributed by atoms with van der Waals surface area (Å²) in [6.45, 7) is 1.45. The number of aromatic nitrogens is 3. The summed E-state index contributed by atoms with van der Waals surface area (Å²) in [6, 6.07) is 3.89. The molecule has 0 aromatic carbocycles. The van der Waals surface area contributed by atoms with E-state index in [9.17, 15) is 4.79 Å². The smallest absolute Gasteiger partial charge is 0.244 e. The second kappa shape index (κ2) is 5.57. The molecule has 2 N–H and O–H groups in total. The zero-order valence-electron chi connectivity index (χ0n) is 11.6. The van der Waals surface area contributed by atoms with Gasteiger partial charge in [0.25, 0.3) is 0 Å². The van der Waals surface area contributed by atoms with Crippen molar-refractivity contribution in [1.82, 2.24) is 19.9 Å². The Morgan fingerprint density at radius 3 is 2.71 bits per heavy atom. The molecular weight excluding hydrogens is 266 g/mol. The number of pyridine rings is 1. The van der Waals surface area contributed by atoms with Crippen molar-refractivity contribution in [3.8, 4) is 0 Å². The molecular formula is C15H17N5O. The van der Waals surface area contributed by atoms with Crippen molar-refractivity contribution < 1.29 is 4.79 Å². The Morgan fingerprint density at radius 1 is 1.24 bits per heavy atom. The molecule has 21 heavy (non-hydrogen) atoms. The predicted molar refractivity (Wildman–Crippen MR) is 76.8 cm³/mol. The highest BCUT2D eigenvalue weighted by Gasteiger charge is 2.48. The van der Waals surface area contributed by atoms with Crippen LogP contribution in [0.1, 0.15) is 24.1 Å². The number of carbonyl (C=O) groups is 1. The maximum atomic E-state index is 12.2. The van der Waals surface area contributed by atoms with Crippen molar-refractivity contribution in [1.29, 1.82) is 0 Å². The first kappa shape index (κ1) is 13.6. The van der Waals surface area contributed by atoms with Crippen molar-refractivity contribution in [3.63, 3.8) is 0 Å². The molecule has 0 bridgehead atoms. The third kappa shape index (κ3) is 2.38. The molecule has 1 amide bonds. The first-order valence-corrected chi connectivity index (χ1v) is 6.94. The molecule has 0 unspecified atom stereocenters. The lowest BCUT2D eigenvalue weighted by Gasteiger charge is -2.35.